The molecule has 0 rings (SSSR count). The van der Waals surface area contributed by atoms with Crippen molar-refractivity contribution in [3.05, 3.63) is 72.9 Å². The summed E-state index contributed by atoms with van der Waals surface area (Å²) >= 11 is 0. The van der Waals surface area contributed by atoms with E-state index >= 15 is 0 Å². The van der Waals surface area contributed by atoms with Gasteiger partial charge in [-0.3, -0.25) is 13.8 Å². The van der Waals surface area contributed by atoms with Crippen molar-refractivity contribution < 1.29 is 32.9 Å². The Hall–Kier alpha value is -2.06. The van der Waals surface area contributed by atoms with Crippen LogP contribution in [0.1, 0.15) is 271 Å². The van der Waals surface area contributed by atoms with E-state index in [0.29, 0.717) is 17.4 Å². The number of hydrogen-bond acceptors (Lipinski definition) is 5. The summed E-state index contributed by atoms with van der Waals surface area (Å²) in [5, 5.41) is 13.9. The van der Waals surface area contributed by atoms with Gasteiger partial charge >= 0.3 is 7.82 Å². The van der Waals surface area contributed by atoms with Crippen LogP contribution >= 0.6 is 7.82 Å². The third kappa shape index (κ3) is 55.7. The largest absolute Gasteiger partial charge is 0.472 e. The number of allylic oxidation sites excluding steroid dienone is 11. The Morgan fingerprint density at radius 2 is 0.847 bits per heavy atom. The Morgan fingerprint density at radius 3 is 1.28 bits per heavy atom. The van der Waals surface area contributed by atoms with Crippen molar-refractivity contribution in [2.75, 3.05) is 40.9 Å². The summed E-state index contributed by atoms with van der Waals surface area (Å²) in [5.41, 5.74) is 0. The van der Waals surface area contributed by atoms with Gasteiger partial charge in [0.1, 0.15) is 13.2 Å². The molecule has 0 spiro atoms. The number of likely N-dealkylation sites (N-methyl/N-ethyl adjacent to an activating group) is 1. The molecule has 1 amide bonds. The first-order chi connectivity index (χ1) is 35.0. The second kappa shape index (κ2) is 53.8. The van der Waals surface area contributed by atoms with E-state index in [-0.39, 0.29) is 19.1 Å². The number of aliphatic hydroxyl groups excluding tert-OH is 1. The maximum atomic E-state index is 13.0. The predicted molar refractivity (Wildman–Crippen MR) is 313 cm³/mol. The Labute approximate surface area is 446 Å². The van der Waals surface area contributed by atoms with Gasteiger partial charge in [-0.15, -0.1) is 0 Å². The van der Waals surface area contributed by atoms with Crippen LogP contribution in [0.2, 0.25) is 0 Å². The van der Waals surface area contributed by atoms with Gasteiger partial charge in [-0.1, -0.05) is 267 Å². The van der Waals surface area contributed by atoms with E-state index in [2.05, 4.69) is 79.9 Å². The van der Waals surface area contributed by atoms with Gasteiger partial charge in [0, 0.05) is 6.42 Å². The molecule has 0 aliphatic rings. The molecule has 0 radical (unpaired) electrons. The van der Waals surface area contributed by atoms with E-state index in [9.17, 15) is 19.4 Å². The van der Waals surface area contributed by atoms with E-state index in [1.807, 2.05) is 27.2 Å². The lowest BCUT2D eigenvalue weighted by Crippen LogP contribution is -2.45. The molecule has 0 bridgehead atoms. The van der Waals surface area contributed by atoms with Gasteiger partial charge in [-0.2, -0.15) is 0 Å². The highest BCUT2D eigenvalue weighted by Crippen LogP contribution is 2.43. The number of phosphoric ester groups is 1. The van der Waals surface area contributed by atoms with Gasteiger partial charge in [0.2, 0.25) is 5.91 Å². The SMILES string of the molecule is CC/C=C\C/C=C\C/C=C\C/C=C\CCCCCCCCCCCCCCCCC(=O)NC(COP(=O)(O)OCC[N+](C)(C)C)C(O)/C=C/CC/C=C/CCCCCCCCCCCCCCCCCCC. The second-order valence-corrected chi connectivity index (χ2v) is 23.1. The highest BCUT2D eigenvalue weighted by Gasteiger charge is 2.27. The zero-order valence-electron chi connectivity index (χ0n) is 47.9. The van der Waals surface area contributed by atoms with Crippen LogP contribution in [0.4, 0.5) is 0 Å². The van der Waals surface area contributed by atoms with Crippen molar-refractivity contribution in [1.29, 1.82) is 0 Å². The van der Waals surface area contributed by atoms with Crippen molar-refractivity contribution in [2.24, 2.45) is 0 Å². The van der Waals surface area contributed by atoms with Crippen LogP contribution in [0.15, 0.2) is 72.9 Å². The summed E-state index contributed by atoms with van der Waals surface area (Å²) in [7, 11) is 1.55. The number of carbonyl (C=O) groups excluding carboxylic acids is 1. The van der Waals surface area contributed by atoms with Crippen LogP contribution in [0, 0.1) is 0 Å². The van der Waals surface area contributed by atoms with Gasteiger partial charge < -0.3 is 19.8 Å². The molecule has 9 heteroatoms. The molecule has 0 saturated carbocycles. The first-order valence-corrected chi connectivity index (χ1v) is 31.8. The molecule has 0 aliphatic carbocycles. The first-order valence-electron chi connectivity index (χ1n) is 30.3. The zero-order valence-corrected chi connectivity index (χ0v) is 48.8. The van der Waals surface area contributed by atoms with Crippen LogP contribution in [-0.4, -0.2) is 73.4 Å². The monoisotopic (exact) mass is 1030 g/mol. The molecular weight excluding hydrogens is 912 g/mol. The number of carbonyl (C=O) groups is 1. The summed E-state index contributed by atoms with van der Waals surface area (Å²) < 4.78 is 23.7. The van der Waals surface area contributed by atoms with Crippen molar-refractivity contribution >= 4 is 13.7 Å². The molecule has 0 aliphatic heterocycles. The van der Waals surface area contributed by atoms with E-state index in [1.165, 1.54) is 186 Å². The van der Waals surface area contributed by atoms with Gasteiger partial charge in [0.05, 0.1) is 39.9 Å². The summed E-state index contributed by atoms with van der Waals surface area (Å²) in [5.74, 6) is -0.187. The molecule has 0 aromatic heterocycles. The summed E-state index contributed by atoms with van der Waals surface area (Å²) in [4.78, 5) is 23.3. The maximum Gasteiger partial charge on any atom is 0.472 e. The van der Waals surface area contributed by atoms with Crippen molar-refractivity contribution in [3.8, 4) is 0 Å². The number of nitrogens with zero attached hydrogens (tertiary/aromatic N) is 1. The standard InChI is InChI=1S/C63H117N2O6P/c1-6-8-10-12-14-16-18-20-22-24-26-28-30-31-32-33-35-37-39-41-43-45-47-49-51-53-55-57-63(67)64-61(60-71-72(68,69)70-59-58-65(3,4)5)62(66)56-54-52-50-48-46-44-42-40-38-36-34-29-27-25-23-21-19-17-15-13-11-9-7-2/h8,10,14,16,20,22,26,28,46,48,54,56,61-62,66H,6-7,9,11-13,15,17-19,21,23-25,27,29-45,47,49-53,55,57-60H2,1-5H3,(H-,64,67,68,69)/p+1/b10-8-,16-14-,22-20-,28-26-,48-46+,56-54+. The minimum atomic E-state index is -4.36. The number of aliphatic hydroxyl groups is 1. The number of quaternary nitrogens is 1. The van der Waals surface area contributed by atoms with E-state index in [0.717, 1.165) is 64.2 Å². The second-order valence-electron chi connectivity index (χ2n) is 21.7. The van der Waals surface area contributed by atoms with Crippen LogP contribution in [0.5, 0.6) is 0 Å². The Balaban J connectivity index is 4.21. The smallest absolute Gasteiger partial charge is 0.387 e. The van der Waals surface area contributed by atoms with Crippen molar-refractivity contribution in [2.45, 2.75) is 283 Å². The highest BCUT2D eigenvalue weighted by molar-refractivity contribution is 7.47. The molecule has 3 N–H and O–H groups in total. The highest BCUT2D eigenvalue weighted by atomic mass is 31.2. The number of unbranched alkanes of at least 4 members (excludes halogenated alkanes) is 32. The quantitative estimate of drug-likeness (QED) is 0.0243. The lowest BCUT2D eigenvalue weighted by molar-refractivity contribution is -0.870. The number of phosphoric acid groups is 1. The van der Waals surface area contributed by atoms with Crippen LogP contribution in [0.25, 0.3) is 0 Å². The van der Waals surface area contributed by atoms with Crippen LogP contribution in [0.3, 0.4) is 0 Å². The molecule has 8 nitrogen and oxygen atoms in total. The minimum Gasteiger partial charge on any atom is -0.387 e. The molecule has 0 saturated heterocycles. The molecule has 420 valence electrons. The number of hydrogen-bond donors (Lipinski definition) is 3. The molecule has 0 aromatic rings. The van der Waals surface area contributed by atoms with Gasteiger partial charge in [0.25, 0.3) is 0 Å². The van der Waals surface area contributed by atoms with E-state index in [4.69, 9.17) is 9.05 Å². The maximum absolute atomic E-state index is 13.0. The Kier molecular flexibility index (Phi) is 52.2. The van der Waals surface area contributed by atoms with Gasteiger partial charge in [-0.05, 0) is 70.6 Å². The lowest BCUT2D eigenvalue weighted by Gasteiger charge is -2.25. The van der Waals surface area contributed by atoms with Crippen LogP contribution < -0.4 is 5.32 Å². The Bertz CT molecular complexity index is 1400. The zero-order chi connectivity index (χ0) is 52.7. The molecule has 0 aromatic carbocycles. The third-order valence-corrected chi connectivity index (χ3v) is 14.4. The van der Waals surface area contributed by atoms with Crippen molar-refractivity contribution in [1.82, 2.24) is 5.32 Å². The van der Waals surface area contributed by atoms with E-state index < -0.39 is 20.0 Å². The number of amides is 1. The van der Waals surface area contributed by atoms with Gasteiger partial charge in [0.15, 0.2) is 0 Å². The molecule has 0 heterocycles. The number of nitrogens with one attached hydrogen (secondary N) is 1. The molecule has 72 heavy (non-hydrogen) atoms. The lowest BCUT2D eigenvalue weighted by atomic mass is 10.0. The third-order valence-electron chi connectivity index (χ3n) is 13.4. The fourth-order valence-electron chi connectivity index (χ4n) is 8.70. The fraction of sp³-hybridized carbons (Fsp3) is 0.794. The van der Waals surface area contributed by atoms with Crippen molar-refractivity contribution in [3.63, 3.8) is 0 Å². The van der Waals surface area contributed by atoms with Gasteiger partial charge in [-0.25, -0.2) is 4.57 Å². The average Bonchev–Trinajstić information content (AvgIpc) is 3.34. The summed E-state index contributed by atoms with van der Waals surface area (Å²) in [6, 6.07) is -0.868. The predicted octanol–water partition coefficient (Wildman–Crippen LogP) is 18.7. The molecule has 3 unspecified atom stereocenters. The normalized spacial score (nSPS) is 14.4. The molecule has 3 atom stereocenters. The fourth-order valence-corrected chi connectivity index (χ4v) is 9.43. The molecular formula is C63H118N2O6P+. The summed E-state index contributed by atoms with van der Waals surface area (Å²) in [6.45, 7) is 4.71. The first kappa shape index (κ1) is 69.9. The minimum absolute atomic E-state index is 0.0543. The number of rotatable bonds is 55. The Morgan fingerprint density at radius 1 is 0.486 bits per heavy atom. The topological polar surface area (TPSA) is 105 Å². The summed E-state index contributed by atoms with van der Waals surface area (Å²) in [6.07, 6.45) is 74.4. The van der Waals surface area contributed by atoms with Crippen LogP contribution in [-0.2, 0) is 18.4 Å². The average molecular weight is 1030 g/mol. The molecule has 0 fully saturated rings. The van der Waals surface area contributed by atoms with E-state index in [1.54, 1.807) is 6.08 Å².